The van der Waals surface area contributed by atoms with E-state index in [1.165, 1.54) is 0 Å². The van der Waals surface area contributed by atoms with Crippen molar-refractivity contribution in [2.24, 2.45) is 4.99 Å². The smallest absolute Gasteiger partial charge is 0.344 e. The van der Waals surface area contributed by atoms with E-state index in [0.717, 1.165) is 17.3 Å². The predicted molar refractivity (Wildman–Crippen MR) is 118 cm³/mol. The molecule has 0 saturated heterocycles. The highest BCUT2D eigenvalue weighted by Gasteiger charge is 2.34. The molecule has 0 radical (unpaired) electrons. The first kappa shape index (κ1) is 21.4. The monoisotopic (exact) mass is 423 g/mol. The fraction of sp³-hybridized carbons (Fsp3) is 0.174. The predicted octanol–water partition coefficient (Wildman–Crippen LogP) is 4.71. The average Bonchev–Trinajstić information content (AvgIpc) is 3.03. The molecule has 7 heteroatoms. The van der Waals surface area contributed by atoms with Gasteiger partial charge in [-0.2, -0.15) is 0 Å². The average molecular weight is 423 g/mol. The summed E-state index contributed by atoms with van der Waals surface area (Å²) < 4.78 is 10.4. The number of para-hydroxylation sites is 1. The zero-order valence-electron chi connectivity index (χ0n) is 16.8. The van der Waals surface area contributed by atoms with Crippen LogP contribution in [0.4, 0.5) is 0 Å². The van der Waals surface area contributed by atoms with Crippen molar-refractivity contribution in [3.63, 3.8) is 0 Å². The van der Waals surface area contributed by atoms with Gasteiger partial charge in [0.05, 0.1) is 18.6 Å². The van der Waals surface area contributed by atoms with E-state index in [1.807, 2.05) is 37.3 Å². The highest BCUT2D eigenvalue weighted by atomic mass is 32.2. The highest BCUT2D eigenvalue weighted by Crippen LogP contribution is 2.40. The molecule has 3 rings (SSSR count). The molecule has 1 N–H and O–H groups in total. The number of thioether (sulfide) groups is 1. The van der Waals surface area contributed by atoms with Gasteiger partial charge in [-0.15, -0.1) is 0 Å². The number of ether oxygens (including phenoxy) is 2. The first-order valence-electron chi connectivity index (χ1n) is 9.28. The van der Waals surface area contributed by atoms with Crippen LogP contribution in [0, 0.1) is 6.92 Å². The number of aliphatic imine (C=N–C) groups is 1. The summed E-state index contributed by atoms with van der Waals surface area (Å²) in [5, 5.41) is 10.8. The molecule has 0 saturated carbocycles. The number of aliphatic hydroxyl groups excluding tert-OH is 1. The molecule has 0 atom stereocenters. The number of nitrogens with zero attached hydrogens (tertiary/aromatic N) is 1. The SMILES string of the molecule is CCOC(=O)C1=C(O)/C(=C/c2ccccc2OC)SC1=NC(=O)c1ccc(C)cc1. The second kappa shape index (κ2) is 9.45. The number of carbonyl (C=O) groups is 2. The quantitative estimate of drug-likeness (QED) is 0.702. The Kier molecular flexibility index (Phi) is 6.74. The standard InChI is InChI=1S/C23H21NO5S/c1-4-29-23(27)19-20(25)18(13-16-7-5-6-8-17(16)28-3)30-22(19)24-21(26)15-11-9-14(2)10-12-15/h5-13,25H,4H2,1-3H3/b18-13-,24-22?. The van der Waals surface area contributed by atoms with Gasteiger partial charge in [0.25, 0.3) is 5.91 Å². The zero-order valence-corrected chi connectivity index (χ0v) is 17.7. The Labute approximate surface area is 178 Å². The van der Waals surface area contributed by atoms with Gasteiger partial charge in [-0.1, -0.05) is 47.7 Å². The van der Waals surface area contributed by atoms with Crippen molar-refractivity contribution in [1.29, 1.82) is 0 Å². The first-order valence-corrected chi connectivity index (χ1v) is 10.1. The summed E-state index contributed by atoms with van der Waals surface area (Å²) in [5.41, 5.74) is 1.99. The Bertz CT molecular complexity index is 1070. The second-order valence-corrected chi connectivity index (χ2v) is 7.42. The first-order chi connectivity index (χ1) is 14.4. The maximum atomic E-state index is 12.6. The third-order valence-corrected chi connectivity index (χ3v) is 5.32. The van der Waals surface area contributed by atoms with E-state index in [2.05, 4.69) is 4.99 Å². The Morgan fingerprint density at radius 2 is 1.83 bits per heavy atom. The molecule has 2 aromatic rings. The number of rotatable bonds is 5. The number of hydrogen-bond donors (Lipinski definition) is 1. The van der Waals surface area contributed by atoms with Gasteiger partial charge >= 0.3 is 5.97 Å². The number of aliphatic hydroxyl groups is 1. The molecule has 30 heavy (non-hydrogen) atoms. The van der Waals surface area contributed by atoms with Crippen LogP contribution in [-0.4, -0.2) is 35.7 Å². The maximum Gasteiger partial charge on any atom is 0.344 e. The third-order valence-electron chi connectivity index (χ3n) is 4.30. The Morgan fingerprint density at radius 3 is 2.50 bits per heavy atom. The van der Waals surface area contributed by atoms with Crippen LogP contribution in [0.5, 0.6) is 5.75 Å². The molecule has 1 aliphatic heterocycles. The van der Waals surface area contributed by atoms with E-state index >= 15 is 0 Å². The lowest BCUT2D eigenvalue weighted by atomic mass is 10.1. The van der Waals surface area contributed by atoms with Crippen LogP contribution in [0.15, 0.2) is 69.8 Å². The molecule has 0 fully saturated rings. The van der Waals surface area contributed by atoms with Crippen molar-refractivity contribution in [2.75, 3.05) is 13.7 Å². The van der Waals surface area contributed by atoms with E-state index in [4.69, 9.17) is 9.47 Å². The summed E-state index contributed by atoms with van der Waals surface area (Å²) in [7, 11) is 1.55. The number of carbonyl (C=O) groups excluding carboxylic acids is 2. The normalized spacial score (nSPS) is 16.2. The molecular weight excluding hydrogens is 402 g/mol. The summed E-state index contributed by atoms with van der Waals surface area (Å²) >= 11 is 1.03. The van der Waals surface area contributed by atoms with Crippen molar-refractivity contribution in [2.45, 2.75) is 13.8 Å². The van der Waals surface area contributed by atoms with Crippen LogP contribution < -0.4 is 4.74 Å². The molecule has 1 aliphatic rings. The van der Waals surface area contributed by atoms with Crippen molar-refractivity contribution in [3.8, 4) is 5.75 Å². The fourth-order valence-electron chi connectivity index (χ4n) is 2.77. The van der Waals surface area contributed by atoms with Crippen molar-refractivity contribution >= 4 is 34.8 Å². The van der Waals surface area contributed by atoms with Crippen LogP contribution in [-0.2, 0) is 9.53 Å². The van der Waals surface area contributed by atoms with Crippen LogP contribution >= 0.6 is 11.8 Å². The lowest BCUT2D eigenvalue weighted by Gasteiger charge is -2.05. The number of aryl methyl sites for hydroxylation is 1. The molecule has 0 aliphatic carbocycles. The molecule has 0 bridgehead atoms. The van der Waals surface area contributed by atoms with Gasteiger partial charge in [0.2, 0.25) is 0 Å². The molecule has 6 nitrogen and oxygen atoms in total. The lowest BCUT2D eigenvalue weighted by Crippen LogP contribution is -2.14. The third kappa shape index (κ3) is 4.63. The number of esters is 1. The largest absolute Gasteiger partial charge is 0.506 e. The van der Waals surface area contributed by atoms with Crippen LogP contribution in [0.25, 0.3) is 6.08 Å². The van der Waals surface area contributed by atoms with Gasteiger partial charge in [0, 0.05) is 11.1 Å². The van der Waals surface area contributed by atoms with Crippen LogP contribution in [0.1, 0.15) is 28.4 Å². The fourth-order valence-corrected chi connectivity index (χ4v) is 3.78. The van der Waals surface area contributed by atoms with Crippen molar-refractivity contribution in [3.05, 3.63) is 81.5 Å². The summed E-state index contributed by atoms with van der Waals surface area (Å²) in [6.45, 7) is 3.71. The minimum atomic E-state index is -0.735. The van der Waals surface area contributed by atoms with E-state index in [-0.39, 0.29) is 23.0 Å². The molecule has 1 heterocycles. The Balaban J connectivity index is 2.03. The minimum Gasteiger partial charge on any atom is -0.506 e. The maximum absolute atomic E-state index is 12.6. The minimum absolute atomic E-state index is 0.0951. The molecule has 2 aromatic carbocycles. The molecule has 0 aromatic heterocycles. The van der Waals surface area contributed by atoms with E-state index in [0.29, 0.717) is 21.8 Å². The van der Waals surface area contributed by atoms with E-state index in [9.17, 15) is 14.7 Å². The van der Waals surface area contributed by atoms with Gasteiger partial charge in [-0.3, -0.25) is 4.79 Å². The number of benzene rings is 2. The lowest BCUT2D eigenvalue weighted by molar-refractivity contribution is -0.138. The molecule has 0 spiro atoms. The van der Waals surface area contributed by atoms with Crippen LogP contribution in [0.3, 0.4) is 0 Å². The second-order valence-electron chi connectivity index (χ2n) is 6.38. The van der Waals surface area contributed by atoms with Crippen LogP contribution in [0.2, 0.25) is 0 Å². The topological polar surface area (TPSA) is 85.2 Å². The van der Waals surface area contributed by atoms with Gasteiger partial charge in [-0.05, 0) is 38.1 Å². The number of hydrogen-bond acceptors (Lipinski definition) is 6. The number of amides is 1. The molecular formula is C23H21NO5S. The Hall–Kier alpha value is -3.32. The Morgan fingerprint density at radius 1 is 1.13 bits per heavy atom. The molecule has 154 valence electrons. The molecule has 0 unspecified atom stereocenters. The van der Waals surface area contributed by atoms with E-state index in [1.54, 1.807) is 38.3 Å². The summed E-state index contributed by atoms with van der Waals surface area (Å²) in [5.74, 6) is -0.913. The summed E-state index contributed by atoms with van der Waals surface area (Å²) in [6, 6.07) is 14.2. The zero-order chi connectivity index (χ0) is 21.7. The summed E-state index contributed by atoms with van der Waals surface area (Å²) in [4.78, 5) is 29.5. The van der Waals surface area contributed by atoms with Crippen molar-refractivity contribution in [1.82, 2.24) is 0 Å². The van der Waals surface area contributed by atoms with Gasteiger partial charge < -0.3 is 14.6 Å². The molecule has 1 amide bonds. The summed E-state index contributed by atoms with van der Waals surface area (Å²) in [6.07, 6.45) is 1.68. The van der Waals surface area contributed by atoms with Crippen molar-refractivity contribution < 1.29 is 24.2 Å². The van der Waals surface area contributed by atoms with Gasteiger partial charge in [-0.25, -0.2) is 9.79 Å². The van der Waals surface area contributed by atoms with Gasteiger partial charge in [0.15, 0.2) is 0 Å². The highest BCUT2D eigenvalue weighted by molar-refractivity contribution is 8.18. The van der Waals surface area contributed by atoms with E-state index < -0.39 is 11.9 Å². The number of methoxy groups -OCH3 is 1. The van der Waals surface area contributed by atoms with Gasteiger partial charge in [0.1, 0.15) is 22.1 Å².